The molecule has 6 N–H and O–H groups in total. The van der Waals surface area contributed by atoms with Crippen LogP contribution < -0.4 is 10.5 Å². The molecule has 11 nitrogen and oxygen atoms in total. The molecule has 9 unspecified atom stereocenters. The summed E-state index contributed by atoms with van der Waals surface area (Å²) in [7, 11) is 1.49. The second-order valence-electron chi connectivity index (χ2n) is 15.4. The van der Waals surface area contributed by atoms with E-state index in [1.165, 1.54) is 21.0 Å². The Kier molecular flexibility index (Phi) is 13.3. The number of aromatic hydroxyl groups is 1. The molecule has 9 atom stereocenters. The van der Waals surface area contributed by atoms with Gasteiger partial charge in [0.1, 0.15) is 18.0 Å². The molecule has 52 heavy (non-hydrogen) atoms. The number of phenols is 1. The minimum Gasteiger partial charge on any atom is -0.504 e. The number of nitrogen functional groups attached to an aromatic ring is 1. The van der Waals surface area contributed by atoms with E-state index >= 15 is 0 Å². The third-order valence-electron chi connectivity index (χ3n) is 11.6. The van der Waals surface area contributed by atoms with E-state index in [0.29, 0.717) is 48.6 Å². The molecule has 2 saturated carbocycles. The molecule has 2 fully saturated rings. The molecule has 2 heterocycles. The summed E-state index contributed by atoms with van der Waals surface area (Å²) in [6.45, 7) is 7.13. The van der Waals surface area contributed by atoms with Gasteiger partial charge in [-0.05, 0) is 134 Å². The number of hydrogen-bond acceptors (Lipinski definition) is 10. The summed E-state index contributed by atoms with van der Waals surface area (Å²) < 4.78 is 17.4. The highest BCUT2D eigenvalue weighted by atomic mass is 16.6. The number of fused-ring (bicyclic) bond motifs is 2. The van der Waals surface area contributed by atoms with Crippen LogP contribution in [0.25, 0.3) is 11.1 Å². The summed E-state index contributed by atoms with van der Waals surface area (Å²) in [4.78, 5) is 32.6. The smallest absolute Gasteiger partial charge is 0.302 e. The topological polar surface area (TPSA) is 177 Å². The third-order valence-corrected chi connectivity index (χ3v) is 11.6. The predicted octanol–water partition coefficient (Wildman–Crippen LogP) is 6.10. The number of anilines is 1. The number of esters is 2. The van der Waals surface area contributed by atoms with Gasteiger partial charge in [-0.25, -0.2) is 4.98 Å². The normalized spacial score (nSPS) is 25.8. The van der Waals surface area contributed by atoms with Gasteiger partial charge < -0.3 is 40.2 Å². The molecular weight excluding hydrogens is 662 g/mol. The first-order valence-corrected chi connectivity index (χ1v) is 18.7. The zero-order valence-corrected chi connectivity index (χ0v) is 31.2. The molecule has 2 aliphatic carbocycles. The van der Waals surface area contributed by atoms with Crippen molar-refractivity contribution in [1.29, 1.82) is 0 Å². The number of aliphatic hydroxyl groups is 2. The SMILES string of the molecule is COc1cc(CCC(CC(OC(C)=O)C2CC(CO)C(O)C3CC(C2)C(C(C)C)CC3Cc2ccc[nH]2)OC(C)=O)c(-c2ccnc(N)c2)cc1O. The number of nitrogens with two attached hydrogens (primary N) is 1. The quantitative estimate of drug-likeness (QED) is 0.122. The molecule has 0 amide bonds. The number of pyridine rings is 1. The van der Waals surface area contributed by atoms with Gasteiger partial charge in [0.2, 0.25) is 0 Å². The average Bonchev–Trinajstić information content (AvgIpc) is 3.61. The molecule has 3 aromatic rings. The number of carbonyl (C=O) groups excluding carboxylic acids is 2. The number of nitrogens with one attached hydrogen (secondary N) is 1. The molecule has 0 saturated heterocycles. The predicted molar refractivity (Wildman–Crippen MR) is 198 cm³/mol. The zero-order chi connectivity index (χ0) is 37.5. The summed E-state index contributed by atoms with van der Waals surface area (Å²) in [5, 5.41) is 33.2. The number of H-pyrrole nitrogens is 1. The van der Waals surface area contributed by atoms with Crippen molar-refractivity contribution in [3.8, 4) is 22.6 Å². The maximum Gasteiger partial charge on any atom is 0.302 e. The van der Waals surface area contributed by atoms with Gasteiger partial charge in [-0.15, -0.1) is 0 Å². The summed E-state index contributed by atoms with van der Waals surface area (Å²) in [5.74, 6) is 0.695. The highest BCUT2D eigenvalue weighted by Gasteiger charge is 2.47. The Labute approximate surface area is 307 Å². The van der Waals surface area contributed by atoms with Crippen LogP contribution in [0.5, 0.6) is 11.5 Å². The van der Waals surface area contributed by atoms with Crippen molar-refractivity contribution >= 4 is 17.8 Å². The van der Waals surface area contributed by atoms with E-state index in [9.17, 15) is 24.9 Å². The number of aromatic nitrogens is 2. The van der Waals surface area contributed by atoms with Crippen molar-refractivity contribution in [3.05, 3.63) is 60.0 Å². The highest BCUT2D eigenvalue weighted by Crippen LogP contribution is 2.51. The van der Waals surface area contributed by atoms with E-state index in [1.807, 2.05) is 18.3 Å². The second kappa shape index (κ2) is 17.6. The monoisotopic (exact) mass is 719 g/mol. The zero-order valence-electron chi connectivity index (χ0n) is 31.2. The summed E-state index contributed by atoms with van der Waals surface area (Å²) in [5.41, 5.74) is 9.51. The Morgan fingerprint density at radius 1 is 1.04 bits per heavy atom. The number of aromatic amines is 1. The van der Waals surface area contributed by atoms with Crippen LogP contribution in [-0.4, -0.2) is 69.3 Å². The van der Waals surface area contributed by atoms with E-state index in [1.54, 1.807) is 24.4 Å². The lowest BCUT2D eigenvalue weighted by Gasteiger charge is -2.50. The van der Waals surface area contributed by atoms with Crippen LogP contribution >= 0.6 is 0 Å². The number of aliphatic hydroxyl groups excluding tert-OH is 2. The van der Waals surface area contributed by atoms with Crippen molar-refractivity contribution in [2.24, 2.45) is 41.4 Å². The van der Waals surface area contributed by atoms with Crippen LogP contribution in [0.2, 0.25) is 0 Å². The molecule has 0 spiro atoms. The van der Waals surface area contributed by atoms with E-state index in [-0.39, 0.29) is 42.4 Å². The van der Waals surface area contributed by atoms with Gasteiger partial charge in [0.15, 0.2) is 11.5 Å². The average molecular weight is 720 g/mol. The Morgan fingerprint density at radius 3 is 2.44 bits per heavy atom. The molecule has 11 heteroatoms. The molecule has 0 aliphatic heterocycles. The number of aryl methyl sites for hydroxylation is 1. The van der Waals surface area contributed by atoms with Crippen LogP contribution in [0.15, 0.2) is 48.8 Å². The lowest BCUT2D eigenvalue weighted by Crippen LogP contribution is -2.48. The number of benzene rings is 1. The fraction of sp³-hybridized carbons (Fsp3) is 0.585. The summed E-state index contributed by atoms with van der Waals surface area (Å²) in [6, 6.07) is 11.0. The first kappa shape index (κ1) is 39.1. The number of carbonyl (C=O) groups is 2. The standard InChI is InChI=1S/C41H57N3O8/c1-23(2)34-16-29(15-32-7-6-11-43-32)36-17-28(34)13-30(14-31(22-45)41(36)49)38(52-25(4)47)20-33(51-24(3)46)9-8-26-18-39(50-5)37(48)21-35(26)27-10-12-44-40(42)19-27/h6-7,10-12,18-19,21,23,28-31,33-34,36,38,41,43,45,48-49H,8-9,13-17,20,22H2,1-5H3,(H2,42,44). The van der Waals surface area contributed by atoms with Crippen LogP contribution in [-0.2, 0) is 31.9 Å². The van der Waals surface area contributed by atoms with Crippen molar-refractivity contribution in [1.82, 2.24) is 9.97 Å². The minimum atomic E-state index is -0.698. The number of phenolic OH excluding ortho intramolecular Hbond substituents is 1. The van der Waals surface area contributed by atoms with E-state index in [4.69, 9.17) is 19.9 Å². The lowest BCUT2D eigenvalue weighted by atomic mass is 9.57. The van der Waals surface area contributed by atoms with Crippen LogP contribution in [0, 0.1) is 41.4 Å². The van der Waals surface area contributed by atoms with Crippen molar-refractivity contribution in [2.45, 2.75) is 97.4 Å². The largest absolute Gasteiger partial charge is 0.504 e. The number of nitrogens with zero attached hydrogens (tertiary/aromatic N) is 1. The molecule has 5 rings (SSSR count). The number of rotatable bonds is 14. The maximum atomic E-state index is 12.7. The molecule has 2 aromatic heterocycles. The Hall–Kier alpha value is -4.09. The van der Waals surface area contributed by atoms with Gasteiger partial charge in [-0.3, -0.25) is 9.59 Å². The number of hydrogen-bond donors (Lipinski definition) is 5. The molecule has 1 aromatic carbocycles. The van der Waals surface area contributed by atoms with Crippen molar-refractivity contribution in [2.75, 3.05) is 19.5 Å². The van der Waals surface area contributed by atoms with Crippen molar-refractivity contribution < 1.29 is 39.1 Å². The van der Waals surface area contributed by atoms with Gasteiger partial charge in [-0.1, -0.05) is 13.8 Å². The van der Waals surface area contributed by atoms with Gasteiger partial charge in [0.05, 0.1) is 13.2 Å². The second-order valence-corrected chi connectivity index (χ2v) is 15.4. The first-order valence-electron chi connectivity index (χ1n) is 18.7. The van der Waals surface area contributed by atoms with E-state index in [0.717, 1.165) is 48.1 Å². The minimum absolute atomic E-state index is 0.0201. The highest BCUT2D eigenvalue weighted by molar-refractivity contribution is 5.72. The number of ether oxygens (including phenoxy) is 3. The summed E-state index contributed by atoms with van der Waals surface area (Å²) >= 11 is 0. The molecule has 2 aliphatic rings. The molecular formula is C41H57N3O8. The lowest BCUT2D eigenvalue weighted by molar-refractivity contribution is -0.158. The van der Waals surface area contributed by atoms with E-state index in [2.05, 4.69) is 29.9 Å². The number of methoxy groups -OCH3 is 1. The Balaban J connectivity index is 1.42. The van der Waals surface area contributed by atoms with Gasteiger partial charge in [0.25, 0.3) is 0 Å². The Morgan fingerprint density at radius 2 is 1.81 bits per heavy atom. The van der Waals surface area contributed by atoms with Gasteiger partial charge in [-0.2, -0.15) is 0 Å². The van der Waals surface area contributed by atoms with Crippen LogP contribution in [0.1, 0.15) is 77.5 Å². The third kappa shape index (κ3) is 9.66. The Bertz CT molecular complexity index is 1630. The molecule has 284 valence electrons. The van der Waals surface area contributed by atoms with Crippen molar-refractivity contribution in [3.63, 3.8) is 0 Å². The molecule has 2 bridgehead atoms. The molecule has 0 radical (unpaired) electrons. The maximum absolute atomic E-state index is 12.7. The van der Waals surface area contributed by atoms with Gasteiger partial charge in [0, 0.05) is 50.9 Å². The fourth-order valence-electron chi connectivity index (χ4n) is 9.25. The first-order chi connectivity index (χ1) is 24.9. The van der Waals surface area contributed by atoms with Crippen LogP contribution in [0.4, 0.5) is 5.82 Å². The fourth-order valence-corrected chi connectivity index (χ4v) is 9.25. The van der Waals surface area contributed by atoms with Gasteiger partial charge >= 0.3 is 11.9 Å². The van der Waals surface area contributed by atoms with E-state index < -0.39 is 30.3 Å². The van der Waals surface area contributed by atoms with Crippen LogP contribution in [0.3, 0.4) is 0 Å². The summed E-state index contributed by atoms with van der Waals surface area (Å²) in [6.07, 6.45) is 6.69.